The Bertz CT molecular complexity index is 992. The van der Waals surface area contributed by atoms with Crippen LogP contribution in [0.1, 0.15) is 30.1 Å². The molecule has 0 bridgehead atoms. The average Bonchev–Trinajstić information content (AvgIpc) is 2.72. The number of hydrogen-bond acceptors (Lipinski definition) is 3. The summed E-state index contributed by atoms with van der Waals surface area (Å²) in [5, 5.41) is 0. The van der Waals surface area contributed by atoms with Crippen molar-refractivity contribution in [2.75, 3.05) is 0 Å². The lowest BCUT2D eigenvalue weighted by atomic mass is 10.0. The van der Waals surface area contributed by atoms with Gasteiger partial charge in [-0.2, -0.15) is 4.31 Å². The van der Waals surface area contributed by atoms with Gasteiger partial charge in [0.05, 0.1) is 6.04 Å². The smallest absolute Gasteiger partial charge is 0.211 e. The molecule has 1 aliphatic rings. The molecule has 0 spiro atoms. The van der Waals surface area contributed by atoms with Crippen molar-refractivity contribution in [3.05, 3.63) is 102 Å². The Morgan fingerprint density at radius 1 is 0.815 bits per heavy atom. The number of sulfonamides is 1. The van der Waals surface area contributed by atoms with Crippen molar-refractivity contribution >= 4 is 21.8 Å². The van der Waals surface area contributed by atoms with Crippen molar-refractivity contribution < 1.29 is 8.42 Å². The summed E-state index contributed by atoms with van der Waals surface area (Å²) >= 11 is 1.43. The molecule has 0 aromatic heterocycles. The molecule has 0 radical (unpaired) electrons. The van der Waals surface area contributed by atoms with Crippen molar-refractivity contribution in [1.29, 1.82) is 0 Å². The summed E-state index contributed by atoms with van der Waals surface area (Å²) in [6.45, 7) is 1.96. The minimum atomic E-state index is -3.41. The molecule has 3 nitrogen and oxygen atoms in total. The minimum absolute atomic E-state index is 0.184. The predicted molar refractivity (Wildman–Crippen MR) is 111 cm³/mol. The van der Waals surface area contributed by atoms with Gasteiger partial charge in [-0.1, -0.05) is 78.9 Å². The van der Waals surface area contributed by atoms with Crippen LogP contribution in [-0.2, 0) is 10.0 Å². The van der Waals surface area contributed by atoms with E-state index in [0.717, 1.165) is 16.0 Å². The van der Waals surface area contributed by atoms with Crippen LogP contribution in [0.5, 0.6) is 0 Å². The fourth-order valence-corrected chi connectivity index (χ4v) is 7.53. The van der Waals surface area contributed by atoms with Gasteiger partial charge >= 0.3 is 0 Å². The van der Waals surface area contributed by atoms with E-state index in [4.69, 9.17) is 0 Å². The van der Waals surface area contributed by atoms with E-state index in [0.29, 0.717) is 0 Å². The summed E-state index contributed by atoms with van der Waals surface area (Å²) in [5.74, 6) is 0. The van der Waals surface area contributed by atoms with E-state index in [9.17, 15) is 8.42 Å². The number of hydrogen-bond donors (Lipinski definition) is 0. The van der Waals surface area contributed by atoms with Gasteiger partial charge < -0.3 is 0 Å². The van der Waals surface area contributed by atoms with E-state index in [1.165, 1.54) is 11.8 Å². The van der Waals surface area contributed by atoms with Crippen molar-refractivity contribution in [2.45, 2.75) is 28.5 Å². The summed E-state index contributed by atoms with van der Waals surface area (Å²) in [4.78, 5) is 0.971. The van der Waals surface area contributed by atoms with Crippen LogP contribution in [0, 0.1) is 0 Å². The van der Waals surface area contributed by atoms with E-state index < -0.39 is 14.6 Å². The highest BCUT2D eigenvalue weighted by molar-refractivity contribution is 8.13. The molecule has 4 rings (SSSR count). The third-order valence-electron chi connectivity index (χ3n) is 4.92. The molecule has 3 aromatic rings. The molecule has 1 aliphatic heterocycles. The molecule has 1 saturated heterocycles. The van der Waals surface area contributed by atoms with Gasteiger partial charge in [0, 0.05) is 10.9 Å². The van der Waals surface area contributed by atoms with Crippen molar-refractivity contribution in [2.24, 2.45) is 0 Å². The molecular formula is C22H21NO2S2. The van der Waals surface area contributed by atoms with Gasteiger partial charge in [-0.15, -0.1) is 11.8 Å². The van der Waals surface area contributed by atoms with Gasteiger partial charge in [0.15, 0.2) is 0 Å². The lowest BCUT2D eigenvalue weighted by molar-refractivity contribution is 0.229. The summed E-state index contributed by atoms with van der Waals surface area (Å²) in [5.41, 5.74) is 2.04. The Morgan fingerprint density at radius 2 is 1.33 bits per heavy atom. The summed E-state index contributed by atoms with van der Waals surface area (Å²) in [6.07, 6.45) is 0. The molecule has 3 aromatic carbocycles. The number of benzene rings is 3. The fourth-order valence-electron chi connectivity index (χ4n) is 3.55. The Hall–Kier alpha value is -2.08. The summed E-state index contributed by atoms with van der Waals surface area (Å²) in [6, 6.07) is 29.1. The molecule has 3 atom stereocenters. The molecule has 0 saturated carbocycles. The molecule has 5 heteroatoms. The first-order valence-corrected chi connectivity index (χ1v) is 11.3. The van der Waals surface area contributed by atoms with Crippen LogP contribution in [-0.4, -0.2) is 17.3 Å². The van der Waals surface area contributed by atoms with E-state index in [-0.39, 0.29) is 12.1 Å². The monoisotopic (exact) mass is 395 g/mol. The van der Waals surface area contributed by atoms with E-state index in [1.54, 1.807) is 4.31 Å². The van der Waals surface area contributed by atoms with Crippen molar-refractivity contribution in [1.82, 2.24) is 4.31 Å². The zero-order valence-corrected chi connectivity index (χ0v) is 16.6. The van der Waals surface area contributed by atoms with Crippen LogP contribution < -0.4 is 0 Å². The Morgan fingerprint density at radius 3 is 1.93 bits per heavy atom. The molecule has 27 heavy (non-hydrogen) atoms. The third-order valence-corrected chi connectivity index (χ3v) is 8.95. The molecule has 0 unspecified atom stereocenters. The predicted octanol–water partition coefficient (Wildman–Crippen LogP) is 5.25. The third kappa shape index (κ3) is 3.43. The highest BCUT2D eigenvalue weighted by Gasteiger charge is 2.56. The standard InChI is InChI=1S/C22H21NO2S2/c1-17(18-11-5-2-6-12-18)23-21(19-13-7-3-8-14-19)22(27(23,24)25)26-20-15-9-4-10-16-20/h2-17,21-22H,1H3/t17-,21+,22+/m1/s1. The minimum Gasteiger partial charge on any atom is -0.211 e. The van der Waals surface area contributed by atoms with Gasteiger partial charge in [0.2, 0.25) is 10.0 Å². The second kappa shape index (κ2) is 7.50. The first-order valence-electron chi connectivity index (χ1n) is 8.93. The molecule has 0 N–H and O–H groups in total. The first kappa shape index (κ1) is 18.3. The molecule has 1 fully saturated rings. The lowest BCUT2D eigenvalue weighted by Gasteiger charge is -2.49. The molecular weight excluding hydrogens is 374 g/mol. The summed E-state index contributed by atoms with van der Waals surface area (Å²) in [7, 11) is -3.41. The van der Waals surface area contributed by atoms with Gasteiger partial charge in [-0.25, -0.2) is 8.42 Å². The molecule has 0 amide bonds. The maximum atomic E-state index is 13.3. The van der Waals surface area contributed by atoms with E-state index in [1.807, 2.05) is 97.9 Å². The van der Waals surface area contributed by atoms with Crippen molar-refractivity contribution in [3.8, 4) is 0 Å². The second-order valence-electron chi connectivity index (χ2n) is 6.62. The van der Waals surface area contributed by atoms with Gasteiger partial charge in [0.1, 0.15) is 4.58 Å². The maximum absolute atomic E-state index is 13.3. The molecule has 1 heterocycles. The largest absolute Gasteiger partial charge is 0.229 e. The number of thioether (sulfide) groups is 1. The zero-order valence-electron chi connectivity index (χ0n) is 15.0. The highest BCUT2D eigenvalue weighted by Crippen LogP contribution is 2.53. The molecule has 0 aliphatic carbocycles. The van der Waals surface area contributed by atoms with E-state index >= 15 is 0 Å². The van der Waals surface area contributed by atoms with E-state index in [2.05, 4.69) is 0 Å². The van der Waals surface area contributed by atoms with Crippen LogP contribution >= 0.6 is 11.8 Å². The number of nitrogens with zero attached hydrogens (tertiary/aromatic N) is 1. The lowest BCUT2D eigenvalue weighted by Crippen LogP contribution is -2.57. The Balaban J connectivity index is 1.72. The normalized spacial score (nSPS) is 22.7. The van der Waals surface area contributed by atoms with Crippen LogP contribution in [0.15, 0.2) is 95.9 Å². The van der Waals surface area contributed by atoms with Crippen LogP contribution in [0.3, 0.4) is 0 Å². The van der Waals surface area contributed by atoms with Gasteiger partial charge in [-0.05, 0) is 30.2 Å². The average molecular weight is 396 g/mol. The second-order valence-corrected chi connectivity index (χ2v) is 10.1. The quantitative estimate of drug-likeness (QED) is 0.592. The molecule has 138 valence electrons. The number of rotatable bonds is 5. The maximum Gasteiger partial charge on any atom is 0.229 e. The van der Waals surface area contributed by atoms with Gasteiger partial charge in [-0.3, -0.25) is 0 Å². The summed E-state index contributed by atoms with van der Waals surface area (Å²) < 4.78 is 27.7. The van der Waals surface area contributed by atoms with Gasteiger partial charge in [0.25, 0.3) is 0 Å². The Kier molecular flexibility index (Phi) is 5.08. The van der Waals surface area contributed by atoms with Crippen LogP contribution in [0.25, 0.3) is 0 Å². The van der Waals surface area contributed by atoms with Crippen molar-refractivity contribution in [3.63, 3.8) is 0 Å². The first-order chi connectivity index (χ1) is 13.1. The van der Waals surface area contributed by atoms with Crippen LogP contribution in [0.2, 0.25) is 0 Å². The Labute approximate surface area is 165 Å². The SMILES string of the molecule is C[C@H](c1ccccc1)N1[C@@H](c2ccccc2)[C@@H](Sc2ccccc2)S1(=O)=O. The topological polar surface area (TPSA) is 37.4 Å². The highest BCUT2D eigenvalue weighted by atomic mass is 32.3. The fraction of sp³-hybridized carbons (Fsp3) is 0.182. The van der Waals surface area contributed by atoms with Crippen LogP contribution in [0.4, 0.5) is 0 Å². The zero-order chi connectivity index (χ0) is 18.9.